The smallest absolute Gasteiger partial charge is 0.246 e. The quantitative estimate of drug-likeness (QED) is 0.715. The highest BCUT2D eigenvalue weighted by Crippen LogP contribution is 2.15. The number of sulfonamides is 1. The average Bonchev–Trinajstić information content (AvgIpc) is 2.60. The molecule has 0 aliphatic heterocycles. The maximum atomic E-state index is 11.7. The van der Waals surface area contributed by atoms with Gasteiger partial charge < -0.3 is 5.73 Å². The molecule has 0 radical (unpaired) electrons. The van der Waals surface area contributed by atoms with Crippen molar-refractivity contribution in [3.63, 3.8) is 0 Å². The Morgan fingerprint density at radius 2 is 2.31 bits per heavy atom. The third-order valence-corrected chi connectivity index (χ3v) is 3.31. The second-order valence-electron chi connectivity index (χ2n) is 2.99. The number of nitrogens with one attached hydrogen (secondary N) is 1. The molecule has 0 aliphatic rings. The minimum Gasteiger partial charge on any atom is -0.381 e. The van der Waals surface area contributed by atoms with Gasteiger partial charge in [0.1, 0.15) is 4.90 Å². The molecule has 0 aromatic carbocycles. The first-order valence-electron chi connectivity index (χ1n) is 4.73. The van der Waals surface area contributed by atoms with Gasteiger partial charge in [-0.2, -0.15) is 9.82 Å². The maximum Gasteiger partial charge on any atom is 0.246 e. The summed E-state index contributed by atoms with van der Waals surface area (Å²) in [6.07, 6.45) is 1.40. The predicted octanol–water partition coefficient (Wildman–Crippen LogP) is -0.213. The van der Waals surface area contributed by atoms with Crippen molar-refractivity contribution in [3.05, 3.63) is 6.20 Å². The number of rotatable bonds is 4. The third kappa shape index (κ3) is 2.74. The van der Waals surface area contributed by atoms with E-state index in [0.29, 0.717) is 6.54 Å². The van der Waals surface area contributed by atoms with Gasteiger partial charge in [0.25, 0.3) is 0 Å². The molecule has 0 saturated carbocycles. The van der Waals surface area contributed by atoms with Crippen LogP contribution in [0.1, 0.15) is 13.8 Å². The molecule has 6 nitrogen and oxygen atoms in total. The molecule has 0 atom stereocenters. The number of nitrogens with zero attached hydrogens (tertiary/aromatic N) is 2. The van der Waals surface area contributed by atoms with E-state index in [-0.39, 0.29) is 17.3 Å². The van der Waals surface area contributed by atoms with E-state index < -0.39 is 10.0 Å². The lowest BCUT2D eigenvalue weighted by Gasteiger charge is -2.00. The zero-order valence-corrected chi connectivity index (χ0v) is 10.0. The van der Waals surface area contributed by atoms with Crippen molar-refractivity contribution in [2.45, 2.75) is 25.3 Å². The SMILES string of the molecule is CC#CCNS(=O)(=O)c1cn(CC)nc1N. The van der Waals surface area contributed by atoms with Crippen LogP contribution >= 0.6 is 0 Å². The standard InChI is InChI=1S/C9H14N4O2S/c1-3-5-6-11-16(14,15)8-7-13(4-2)12-9(8)10/h7,11H,4,6H2,1-2H3,(H2,10,12). The molecule has 16 heavy (non-hydrogen) atoms. The van der Waals surface area contributed by atoms with E-state index in [0.717, 1.165) is 0 Å². The largest absolute Gasteiger partial charge is 0.381 e. The second-order valence-corrected chi connectivity index (χ2v) is 4.72. The van der Waals surface area contributed by atoms with Gasteiger partial charge in [-0.1, -0.05) is 5.92 Å². The molecule has 0 saturated heterocycles. The molecule has 0 amide bonds. The number of anilines is 1. The summed E-state index contributed by atoms with van der Waals surface area (Å²) in [5, 5.41) is 3.86. The van der Waals surface area contributed by atoms with Crippen LogP contribution in [0.15, 0.2) is 11.1 Å². The number of hydrogen-bond donors (Lipinski definition) is 2. The van der Waals surface area contributed by atoms with Crippen molar-refractivity contribution in [2.75, 3.05) is 12.3 Å². The Hall–Kier alpha value is -1.52. The molecule has 1 heterocycles. The van der Waals surface area contributed by atoms with Gasteiger partial charge in [0, 0.05) is 12.7 Å². The summed E-state index contributed by atoms with van der Waals surface area (Å²) in [5.41, 5.74) is 5.52. The molecule has 88 valence electrons. The van der Waals surface area contributed by atoms with Gasteiger partial charge in [-0.15, -0.1) is 5.92 Å². The van der Waals surface area contributed by atoms with Crippen LogP contribution < -0.4 is 10.5 Å². The minimum atomic E-state index is -3.61. The summed E-state index contributed by atoms with van der Waals surface area (Å²) in [5.74, 6) is 5.20. The number of hydrogen-bond acceptors (Lipinski definition) is 4. The van der Waals surface area contributed by atoms with Gasteiger partial charge in [0.15, 0.2) is 5.82 Å². The van der Waals surface area contributed by atoms with Crippen LogP contribution in [0.3, 0.4) is 0 Å². The first kappa shape index (κ1) is 12.5. The number of nitrogens with two attached hydrogens (primary N) is 1. The summed E-state index contributed by atoms with van der Waals surface area (Å²) in [6.45, 7) is 4.11. The average molecular weight is 242 g/mol. The second kappa shape index (κ2) is 5.01. The zero-order chi connectivity index (χ0) is 12.2. The van der Waals surface area contributed by atoms with Crippen LogP contribution in [-0.4, -0.2) is 24.7 Å². The van der Waals surface area contributed by atoms with E-state index in [2.05, 4.69) is 21.7 Å². The van der Waals surface area contributed by atoms with Crippen LogP contribution in [0.2, 0.25) is 0 Å². The number of aromatic nitrogens is 2. The van der Waals surface area contributed by atoms with E-state index in [9.17, 15) is 8.42 Å². The van der Waals surface area contributed by atoms with Gasteiger partial charge in [-0.25, -0.2) is 8.42 Å². The van der Waals surface area contributed by atoms with Crippen LogP contribution in [0, 0.1) is 11.8 Å². The highest BCUT2D eigenvalue weighted by Gasteiger charge is 2.19. The van der Waals surface area contributed by atoms with E-state index in [1.54, 1.807) is 6.92 Å². The maximum absolute atomic E-state index is 11.7. The molecule has 1 rings (SSSR count). The molecular formula is C9H14N4O2S. The van der Waals surface area contributed by atoms with Gasteiger partial charge in [-0.3, -0.25) is 4.68 Å². The van der Waals surface area contributed by atoms with Crippen molar-refractivity contribution in [2.24, 2.45) is 0 Å². The van der Waals surface area contributed by atoms with Gasteiger partial charge in [0.05, 0.1) is 6.54 Å². The fraction of sp³-hybridized carbons (Fsp3) is 0.444. The molecule has 1 aromatic heterocycles. The van der Waals surface area contributed by atoms with E-state index in [1.807, 2.05) is 6.92 Å². The normalized spacial score (nSPS) is 10.9. The molecule has 1 aromatic rings. The molecule has 0 unspecified atom stereocenters. The van der Waals surface area contributed by atoms with Crippen LogP contribution in [0.4, 0.5) is 5.82 Å². The third-order valence-electron chi connectivity index (χ3n) is 1.90. The van der Waals surface area contributed by atoms with Crippen molar-refractivity contribution < 1.29 is 8.42 Å². The number of aryl methyl sites for hydroxylation is 1. The van der Waals surface area contributed by atoms with E-state index in [1.165, 1.54) is 10.9 Å². The molecular weight excluding hydrogens is 228 g/mol. The lowest BCUT2D eigenvalue weighted by molar-refractivity contribution is 0.585. The van der Waals surface area contributed by atoms with Crippen LogP contribution in [0.25, 0.3) is 0 Å². The van der Waals surface area contributed by atoms with E-state index >= 15 is 0 Å². The Bertz CT molecular complexity index is 521. The Morgan fingerprint density at radius 3 is 2.81 bits per heavy atom. The van der Waals surface area contributed by atoms with Gasteiger partial charge >= 0.3 is 0 Å². The van der Waals surface area contributed by atoms with Crippen LogP contribution in [0.5, 0.6) is 0 Å². The monoisotopic (exact) mass is 242 g/mol. The highest BCUT2D eigenvalue weighted by molar-refractivity contribution is 7.89. The Balaban J connectivity index is 2.96. The Labute approximate surface area is 94.9 Å². The first-order chi connectivity index (χ1) is 7.51. The summed E-state index contributed by atoms with van der Waals surface area (Å²) in [6, 6.07) is 0. The lowest BCUT2D eigenvalue weighted by Crippen LogP contribution is -2.24. The topological polar surface area (TPSA) is 90.0 Å². The summed E-state index contributed by atoms with van der Waals surface area (Å²) in [7, 11) is -3.61. The highest BCUT2D eigenvalue weighted by atomic mass is 32.2. The Kier molecular flexibility index (Phi) is 3.93. The fourth-order valence-electron chi connectivity index (χ4n) is 1.08. The van der Waals surface area contributed by atoms with Crippen molar-refractivity contribution in [1.29, 1.82) is 0 Å². The van der Waals surface area contributed by atoms with Gasteiger partial charge in [0.2, 0.25) is 10.0 Å². The first-order valence-corrected chi connectivity index (χ1v) is 6.21. The lowest BCUT2D eigenvalue weighted by atomic mass is 10.6. The van der Waals surface area contributed by atoms with Crippen LogP contribution in [-0.2, 0) is 16.6 Å². The summed E-state index contributed by atoms with van der Waals surface area (Å²) >= 11 is 0. The molecule has 7 heteroatoms. The molecule has 0 bridgehead atoms. The zero-order valence-electron chi connectivity index (χ0n) is 9.19. The van der Waals surface area contributed by atoms with Crippen molar-refractivity contribution in [1.82, 2.24) is 14.5 Å². The predicted molar refractivity (Wildman–Crippen MR) is 61.0 cm³/mol. The van der Waals surface area contributed by atoms with Gasteiger partial charge in [-0.05, 0) is 13.8 Å². The summed E-state index contributed by atoms with van der Waals surface area (Å²) < 4.78 is 27.3. The van der Waals surface area contributed by atoms with E-state index in [4.69, 9.17) is 5.73 Å². The minimum absolute atomic E-state index is 0.00110. The molecule has 3 N–H and O–H groups in total. The number of nitrogen functional groups attached to an aromatic ring is 1. The fourth-order valence-corrected chi connectivity index (χ4v) is 2.08. The molecule has 0 aliphatic carbocycles. The Morgan fingerprint density at radius 1 is 1.62 bits per heavy atom. The van der Waals surface area contributed by atoms with Crippen molar-refractivity contribution >= 4 is 15.8 Å². The van der Waals surface area contributed by atoms with Crippen molar-refractivity contribution in [3.8, 4) is 11.8 Å². The summed E-state index contributed by atoms with van der Waals surface area (Å²) in [4.78, 5) is -0.00717. The molecule has 0 spiro atoms. The molecule has 0 fully saturated rings.